The molecule has 1 aliphatic heterocycles. The zero-order valence-electron chi connectivity index (χ0n) is 11.7. The summed E-state index contributed by atoms with van der Waals surface area (Å²) in [4.78, 5) is 12.6. The number of aromatic amines is 1. The summed E-state index contributed by atoms with van der Waals surface area (Å²) < 4.78 is 0. The molecule has 1 aromatic carbocycles. The van der Waals surface area contributed by atoms with Gasteiger partial charge in [0.05, 0.1) is 17.1 Å². The fourth-order valence-corrected chi connectivity index (χ4v) is 2.91. The van der Waals surface area contributed by atoms with Gasteiger partial charge in [-0.2, -0.15) is 5.10 Å². The largest absolute Gasteiger partial charge is 0.326 e. The Morgan fingerprint density at radius 2 is 2.40 bits per heavy atom. The summed E-state index contributed by atoms with van der Waals surface area (Å²) in [5, 5.41) is 14.3. The number of H-pyrrole nitrogens is 1. The van der Waals surface area contributed by atoms with Gasteiger partial charge < -0.3 is 10.6 Å². The number of hydrogen-bond acceptors (Lipinski definition) is 3. The highest BCUT2D eigenvalue weighted by atomic mass is 16.2. The third kappa shape index (κ3) is 2.29. The molecule has 0 aliphatic carbocycles. The average molecular weight is 272 g/mol. The Morgan fingerprint density at radius 3 is 3.15 bits per heavy atom. The average Bonchev–Trinajstić information content (AvgIpc) is 2.95. The molecule has 106 valence electrons. The van der Waals surface area contributed by atoms with Crippen LogP contribution < -0.4 is 10.6 Å². The molecule has 2 heterocycles. The van der Waals surface area contributed by atoms with E-state index >= 15 is 0 Å². The molecule has 0 bridgehead atoms. The van der Waals surface area contributed by atoms with Crippen LogP contribution in [0, 0.1) is 5.41 Å². The van der Waals surface area contributed by atoms with Crippen LogP contribution in [0.2, 0.25) is 0 Å². The van der Waals surface area contributed by atoms with E-state index in [0.717, 1.165) is 48.9 Å². The van der Waals surface area contributed by atoms with Gasteiger partial charge in [-0.25, -0.2) is 0 Å². The van der Waals surface area contributed by atoms with Gasteiger partial charge >= 0.3 is 0 Å². The molecule has 2 aromatic rings. The van der Waals surface area contributed by atoms with Crippen molar-refractivity contribution in [2.75, 3.05) is 18.4 Å². The highest BCUT2D eigenvalue weighted by Crippen LogP contribution is 2.31. The van der Waals surface area contributed by atoms with Gasteiger partial charge in [0.15, 0.2) is 0 Å². The Hall–Kier alpha value is -1.88. The van der Waals surface area contributed by atoms with Gasteiger partial charge in [-0.1, -0.05) is 6.92 Å². The molecule has 1 atom stereocenters. The number of nitrogens with zero attached hydrogens (tertiary/aromatic N) is 1. The van der Waals surface area contributed by atoms with E-state index in [1.165, 1.54) is 0 Å². The Morgan fingerprint density at radius 1 is 1.50 bits per heavy atom. The van der Waals surface area contributed by atoms with Crippen molar-refractivity contribution in [2.24, 2.45) is 5.41 Å². The van der Waals surface area contributed by atoms with Gasteiger partial charge in [0.25, 0.3) is 0 Å². The van der Waals surface area contributed by atoms with Crippen LogP contribution in [0.4, 0.5) is 5.69 Å². The van der Waals surface area contributed by atoms with Crippen molar-refractivity contribution in [3.63, 3.8) is 0 Å². The highest BCUT2D eigenvalue weighted by Gasteiger charge is 2.37. The van der Waals surface area contributed by atoms with Crippen molar-refractivity contribution in [3.05, 3.63) is 24.4 Å². The van der Waals surface area contributed by atoms with E-state index < -0.39 is 0 Å². The molecule has 0 spiro atoms. The van der Waals surface area contributed by atoms with E-state index in [0.29, 0.717) is 0 Å². The number of carbonyl (C=O) groups is 1. The standard InChI is InChI=1S/C15H20N4O/c1-2-15(6-3-7-16-10-15)14(20)18-12-4-5-13-11(8-12)9-17-19-13/h4-5,8-9,16H,2-3,6-7,10H2,1H3,(H,17,19)(H,18,20). The number of anilines is 1. The van der Waals surface area contributed by atoms with Gasteiger partial charge in [0.1, 0.15) is 0 Å². The fourth-order valence-electron chi connectivity index (χ4n) is 2.91. The molecule has 0 radical (unpaired) electrons. The summed E-state index contributed by atoms with van der Waals surface area (Å²) in [5.41, 5.74) is 1.54. The monoisotopic (exact) mass is 272 g/mol. The van der Waals surface area contributed by atoms with Crippen molar-refractivity contribution in [1.82, 2.24) is 15.5 Å². The van der Waals surface area contributed by atoms with Crippen molar-refractivity contribution in [1.29, 1.82) is 0 Å². The number of piperidine rings is 1. The van der Waals surface area contributed by atoms with Crippen LogP contribution in [-0.2, 0) is 4.79 Å². The molecule has 1 saturated heterocycles. The Bertz CT molecular complexity index is 613. The van der Waals surface area contributed by atoms with Gasteiger partial charge in [0.2, 0.25) is 5.91 Å². The molecule has 5 heteroatoms. The highest BCUT2D eigenvalue weighted by molar-refractivity contribution is 5.97. The lowest BCUT2D eigenvalue weighted by atomic mass is 9.77. The minimum atomic E-state index is -0.274. The first-order chi connectivity index (χ1) is 9.73. The van der Waals surface area contributed by atoms with Crippen LogP contribution >= 0.6 is 0 Å². The predicted molar refractivity (Wildman–Crippen MR) is 79.6 cm³/mol. The molecule has 0 saturated carbocycles. The summed E-state index contributed by atoms with van der Waals surface area (Å²) in [6.07, 6.45) is 4.64. The number of hydrogen-bond donors (Lipinski definition) is 3. The van der Waals surface area contributed by atoms with E-state index in [2.05, 4.69) is 27.8 Å². The number of amides is 1. The second kappa shape index (κ2) is 5.25. The normalized spacial score (nSPS) is 22.9. The summed E-state index contributed by atoms with van der Waals surface area (Å²) in [6.45, 7) is 3.87. The van der Waals surface area contributed by atoms with Crippen LogP contribution in [0.25, 0.3) is 10.9 Å². The summed E-state index contributed by atoms with van der Waals surface area (Å²) in [7, 11) is 0. The van der Waals surface area contributed by atoms with Gasteiger partial charge in [0, 0.05) is 17.6 Å². The number of fused-ring (bicyclic) bond motifs is 1. The number of rotatable bonds is 3. The minimum absolute atomic E-state index is 0.120. The van der Waals surface area contributed by atoms with Gasteiger partial charge in [-0.3, -0.25) is 9.89 Å². The Balaban J connectivity index is 1.80. The lowest BCUT2D eigenvalue weighted by molar-refractivity contribution is -0.126. The van der Waals surface area contributed by atoms with Gasteiger partial charge in [-0.15, -0.1) is 0 Å². The van der Waals surface area contributed by atoms with Crippen LogP contribution in [0.15, 0.2) is 24.4 Å². The quantitative estimate of drug-likeness (QED) is 0.803. The van der Waals surface area contributed by atoms with Crippen molar-refractivity contribution in [3.8, 4) is 0 Å². The molecule has 1 aromatic heterocycles. The second-order valence-corrected chi connectivity index (χ2v) is 5.54. The molecule has 1 fully saturated rings. The van der Waals surface area contributed by atoms with Crippen LogP contribution in [0.5, 0.6) is 0 Å². The molecule has 20 heavy (non-hydrogen) atoms. The number of aromatic nitrogens is 2. The van der Waals surface area contributed by atoms with Crippen LogP contribution in [0.1, 0.15) is 26.2 Å². The van der Waals surface area contributed by atoms with E-state index in [4.69, 9.17) is 0 Å². The third-order valence-electron chi connectivity index (χ3n) is 4.33. The number of nitrogens with one attached hydrogen (secondary N) is 3. The molecule has 1 aliphatic rings. The van der Waals surface area contributed by atoms with Crippen molar-refractivity contribution >= 4 is 22.5 Å². The van der Waals surface area contributed by atoms with Crippen LogP contribution in [-0.4, -0.2) is 29.2 Å². The molecule has 3 N–H and O–H groups in total. The van der Waals surface area contributed by atoms with Gasteiger partial charge in [-0.05, 0) is 44.0 Å². The smallest absolute Gasteiger partial charge is 0.231 e. The van der Waals surface area contributed by atoms with E-state index in [-0.39, 0.29) is 11.3 Å². The summed E-state index contributed by atoms with van der Waals surface area (Å²) in [6, 6.07) is 5.81. The summed E-state index contributed by atoms with van der Waals surface area (Å²) >= 11 is 0. The zero-order chi connectivity index (χ0) is 14.0. The molecule has 3 rings (SSSR count). The van der Waals surface area contributed by atoms with Crippen molar-refractivity contribution in [2.45, 2.75) is 26.2 Å². The third-order valence-corrected chi connectivity index (χ3v) is 4.33. The second-order valence-electron chi connectivity index (χ2n) is 5.54. The zero-order valence-corrected chi connectivity index (χ0v) is 11.7. The van der Waals surface area contributed by atoms with Crippen LogP contribution in [0.3, 0.4) is 0 Å². The maximum absolute atomic E-state index is 12.6. The lowest BCUT2D eigenvalue weighted by Crippen LogP contribution is -2.47. The molecule has 5 nitrogen and oxygen atoms in total. The number of carbonyl (C=O) groups excluding carboxylic acids is 1. The maximum atomic E-state index is 12.6. The van der Waals surface area contributed by atoms with Crippen molar-refractivity contribution < 1.29 is 4.79 Å². The minimum Gasteiger partial charge on any atom is -0.326 e. The summed E-state index contributed by atoms with van der Waals surface area (Å²) in [5.74, 6) is 0.120. The maximum Gasteiger partial charge on any atom is 0.231 e. The molecular formula is C15H20N4O. The first-order valence-electron chi connectivity index (χ1n) is 7.19. The Labute approximate surface area is 118 Å². The number of benzene rings is 1. The molecule has 1 unspecified atom stereocenters. The first kappa shape index (κ1) is 13.1. The predicted octanol–water partition coefficient (Wildman–Crippen LogP) is 2.28. The lowest BCUT2D eigenvalue weighted by Gasteiger charge is -2.35. The Kier molecular flexibility index (Phi) is 3.44. The topological polar surface area (TPSA) is 69.8 Å². The SMILES string of the molecule is CCC1(C(=O)Nc2ccc3[nH]ncc3c2)CCCNC1. The van der Waals surface area contributed by atoms with E-state index in [1.54, 1.807) is 6.20 Å². The molecule has 1 amide bonds. The van der Waals surface area contributed by atoms with E-state index in [1.807, 2.05) is 18.2 Å². The molecular weight excluding hydrogens is 252 g/mol. The van der Waals surface area contributed by atoms with E-state index in [9.17, 15) is 4.79 Å². The first-order valence-corrected chi connectivity index (χ1v) is 7.19. The fraction of sp³-hybridized carbons (Fsp3) is 0.467.